The highest BCUT2D eigenvalue weighted by Gasteiger charge is 2.24. The van der Waals surface area contributed by atoms with Crippen molar-refractivity contribution in [3.05, 3.63) is 30.5 Å². The van der Waals surface area contributed by atoms with E-state index >= 15 is 0 Å². The summed E-state index contributed by atoms with van der Waals surface area (Å²) < 4.78 is 0. The molecular weight excluding hydrogens is 260 g/mol. The number of nitrogens with zero attached hydrogens (tertiary/aromatic N) is 3. The Hall–Kier alpha value is -1.68. The standard InChI is InChI=1S/C17H24N4/c1-3-18-13(2)14-8-10-21(11-9-14)17-12-19-20-16-7-5-4-6-15(16)17/h4-7,12-14,18H,3,8-11H2,1-2H3. The number of benzene rings is 1. The summed E-state index contributed by atoms with van der Waals surface area (Å²) in [5, 5.41) is 13.2. The van der Waals surface area contributed by atoms with Crippen LogP contribution in [0.5, 0.6) is 0 Å². The number of hydrogen-bond donors (Lipinski definition) is 1. The summed E-state index contributed by atoms with van der Waals surface area (Å²) in [6.07, 6.45) is 4.39. The Kier molecular flexibility index (Phi) is 4.34. The molecule has 4 nitrogen and oxygen atoms in total. The summed E-state index contributed by atoms with van der Waals surface area (Å²) in [4.78, 5) is 2.46. The number of nitrogens with one attached hydrogen (secondary N) is 1. The van der Waals surface area contributed by atoms with Gasteiger partial charge < -0.3 is 10.2 Å². The van der Waals surface area contributed by atoms with E-state index in [9.17, 15) is 0 Å². The second kappa shape index (κ2) is 6.39. The molecule has 1 atom stereocenters. The lowest BCUT2D eigenvalue weighted by molar-refractivity contribution is 0.315. The maximum Gasteiger partial charge on any atom is 0.0950 e. The van der Waals surface area contributed by atoms with E-state index in [1.807, 2.05) is 18.3 Å². The van der Waals surface area contributed by atoms with Crippen molar-refractivity contribution in [2.45, 2.75) is 32.7 Å². The minimum atomic E-state index is 0.615. The highest BCUT2D eigenvalue weighted by atomic mass is 15.2. The van der Waals surface area contributed by atoms with Crippen molar-refractivity contribution in [3.8, 4) is 0 Å². The molecule has 2 aromatic rings. The summed E-state index contributed by atoms with van der Waals surface area (Å²) >= 11 is 0. The zero-order valence-corrected chi connectivity index (χ0v) is 12.9. The molecule has 1 saturated heterocycles. The van der Waals surface area contributed by atoms with Gasteiger partial charge in [0.05, 0.1) is 17.4 Å². The Morgan fingerprint density at radius 3 is 2.81 bits per heavy atom. The van der Waals surface area contributed by atoms with E-state index in [1.54, 1.807) is 0 Å². The number of piperidine rings is 1. The molecule has 0 bridgehead atoms. The van der Waals surface area contributed by atoms with Crippen LogP contribution in [-0.2, 0) is 0 Å². The van der Waals surface area contributed by atoms with Crippen molar-refractivity contribution in [1.29, 1.82) is 0 Å². The van der Waals surface area contributed by atoms with Gasteiger partial charge in [-0.2, -0.15) is 10.2 Å². The Morgan fingerprint density at radius 1 is 1.29 bits per heavy atom. The summed E-state index contributed by atoms with van der Waals surface area (Å²) in [5.41, 5.74) is 2.22. The third kappa shape index (κ3) is 3.00. The predicted octanol–water partition coefficient (Wildman–Crippen LogP) is 2.84. The Balaban J connectivity index is 1.74. The molecule has 0 aliphatic carbocycles. The number of rotatable bonds is 4. The average Bonchev–Trinajstić information content (AvgIpc) is 2.55. The molecule has 0 amide bonds. The Bertz CT molecular complexity index is 585. The lowest BCUT2D eigenvalue weighted by atomic mass is 9.90. The monoisotopic (exact) mass is 284 g/mol. The summed E-state index contributed by atoms with van der Waals surface area (Å²) in [6.45, 7) is 7.76. The largest absolute Gasteiger partial charge is 0.370 e. The molecule has 2 heterocycles. The number of anilines is 1. The highest BCUT2D eigenvalue weighted by molar-refractivity contribution is 5.90. The van der Waals surface area contributed by atoms with E-state index < -0.39 is 0 Å². The number of aromatic nitrogens is 2. The molecule has 0 spiro atoms. The van der Waals surface area contributed by atoms with Crippen LogP contribution in [0.4, 0.5) is 5.69 Å². The van der Waals surface area contributed by atoms with Crippen LogP contribution in [0.25, 0.3) is 10.9 Å². The molecule has 1 aliphatic heterocycles. The van der Waals surface area contributed by atoms with Crippen LogP contribution in [0.2, 0.25) is 0 Å². The molecule has 1 fully saturated rings. The fourth-order valence-electron chi connectivity index (χ4n) is 3.37. The molecule has 1 aliphatic rings. The molecule has 21 heavy (non-hydrogen) atoms. The van der Waals surface area contributed by atoms with Gasteiger partial charge in [-0.1, -0.05) is 25.1 Å². The van der Waals surface area contributed by atoms with Crippen molar-refractivity contribution >= 4 is 16.6 Å². The second-order valence-corrected chi connectivity index (χ2v) is 5.92. The topological polar surface area (TPSA) is 41.0 Å². The van der Waals surface area contributed by atoms with Gasteiger partial charge in [-0.25, -0.2) is 0 Å². The van der Waals surface area contributed by atoms with Gasteiger partial charge >= 0.3 is 0 Å². The molecular formula is C17H24N4. The van der Waals surface area contributed by atoms with E-state index in [-0.39, 0.29) is 0 Å². The first-order chi connectivity index (χ1) is 10.3. The van der Waals surface area contributed by atoms with Crippen LogP contribution in [0.15, 0.2) is 30.5 Å². The van der Waals surface area contributed by atoms with Crippen molar-refractivity contribution in [3.63, 3.8) is 0 Å². The fraction of sp³-hybridized carbons (Fsp3) is 0.529. The van der Waals surface area contributed by atoms with E-state index in [2.05, 4.69) is 46.4 Å². The first kappa shape index (κ1) is 14.3. The van der Waals surface area contributed by atoms with Gasteiger partial charge in [0.25, 0.3) is 0 Å². The van der Waals surface area contributed by atoms with E-state index in [0.717, 1.165) is 31.1 Å². The Labute approximate surface area is 126 Å². The molecule has 112 valence electrons. The SMILES string of the molecule is CCNC(C)C1CCN(c2cnnc3ccccc23)CC1. The van der Waals surface area contributed by atoms with Crippen LogP contribution in [0.3, 0.4) is 0 Å². The van der Waals surface area contributed by atoms with E-state index in [4.69, 9.17) is 0 Å². The average molecular weight is 284 g/mol. The van der Waals surface area contributed by atoms with Gasteiger partial charge in [-0.05, 0) is 38.3 Å². The lowest BCUT2D eigenvalue weighted by Gasteiger charge is -2.36. The summed E-state index contributed by atoms with van der Waals surface area (Å²) in [5.74, 6) is 0.780. The zero-order valence-electron chi connectivity index (χ0n) is 12.9. The molecule has 1 unspecified atom stereocenters. The van der Waals surface area contributed by atoms with Crippen LogP contribution in [0, 0.1) is 5.92 Å². The quantitative estimate of drug-likeness (QED) is 0.937. The molecule has 4 heteroatoms. The van der Waals surface area contributed by atoms with Crippen LogP contribution in [0.1, 0.15) is 26.7 Å². The van der Waals surface area contributed by atoms with Gasteiger partial charge in [0.2, 0.25) is 0 Å². The fourth-order valence-corrected chi connectivity index (χ4v) is 3.37. The first-order valence-corrected chi connectivity index (χ1v) is 7.98. The van der Waals surface area contributed by atoms with Crippen LogP contribution >= 0.6 is 0 Å². The van der Waals surface area contributed by atoms with Gasteiger partial charge in [0, 0.05) is 24.5 Å². The number of fused-ring (bicyclic) bond motifs is 1. The van der Waals surface area contributed by atoms with Gasteiger partial charge in [0.15, 0.2) is 0 Å². The number of hydrogen-bond acceptors (Lipinski definition) is 4. The minimum absolute atomic E-state index is 0.615. The van der Waals surface area contributed by atoms with Crippen molar-refractivity contribution in [2.24, 2.45) is 5.92 Å². The molecule has 1 N–H and O–H groups in total. The predicted molar refractivity (Wildman–Crippen MR) is 87.6 cm³/mol. The molecule has 3 rings (SSSR count). The maximum absolute atomic E-state index is 4.22. The molecule has 0 saturated carbocycles. The van der Waals surface area contributed by atoms with Crippen molar-refractivity contribution in [1.82, 2.24) is 15.5 Å². The van der Waals surface area contributed by atoms with Crippen LogP contribution in [-0.4, -0.2) is 35.9 Å². The van der Waals surface area contributed by atoms with Gasteiger partial charge in [-0.3, -0.25) is 0 Å². The third-order valence-corrected chi connectivity index (χ3v) is 4.64. The normalized spacial score (nSPS) is 18.1. The van der Waals surface area contributed by atoms with Crippen molar-refractivity contribution < 1.29 is 0 Å². The van der Waals surface area contributed by atoms with Gasteiger partial charge in [0.1, 0.15) is 0 Å². The van der Waals surface area contributed by atoms with Crippen molar-refractivity contribution in [2.75, 3.05) is 24.5 Å². The van der Waals surface area contributed by atoms with Gasteiger partial charge in [-0.15, -0.1) is 0 Å². The molecule has 0 radical (unpaired) electrons. The Morgan fingerprint density at radius 2 is 2.05 bits per heavy atom. The van der Waals surface area contributed by atoms with Crippen LogP contribution < -0.4 is 10.2 Å². The first-order valence-electron chi connectivity index (χ1n) is 7.98. The summed E-state index contributed by atoms with van der Waals surface area (Å²) in [7, 11) is 0. The molecule has 1 aromatic heterocycles. The van der Waals surface area contributed by atoms with E-state index in [0.29, 0.717) is 6.04 Å². The zero-order chi connectivity index (χ0) is 14.7. The summed E-state index contributed by atoms with van der Waals surface area (Å²) in [6, 6.07) is 8.89. The highest BCUT2D eigenvalue weighted by Crippen LogP contribution is 2.29. The maximum atomic E-state index is 4.22. The third-order valence-electron chi connectivity index (χ3n) is 4.64. The lowest BCUT2D eigenvalue weighted by Crippen LogP contribution is -2.42. The molecule has 1 aromatic carbocycles. The smallest absolute Gasteiger partial charge is 0.0950 e. The van der Waals surface area contributed by atoms with E-state index in [1.165, 1.54) is 23.9 Å². The minimum Gasteiger partial charge on any atom is -0.370 e. The second-order valence-electron chi connectivity index (χ2n) is 5.92.